The van der Waals surface area contributed by atoms with E-state index in [0.717, 1.165) is 10.0 Å². The predicted molar refractivity (Wildman–Crippen MR) is 147 cm³/mol. The first-order chi connectivity index (χ1) is 18.8. The second-order valence-corrected chi connectivity index (χ2v) is 11.3. The number of Topliss-reactive ketones (excluding diaryl/α,β-unsaturated/α-hetero) is 4. The van der Waals surface area contributed by atoms with Crippen molar-refractivity contribution in [1.82, 2.24) is 0 Å². The van der Waals surface area contributed by atoms with Crippen molar-refractivity contribution < 1.29 is 23.9 Å². The second-order valence-electron chi connectivity index (χ2n) is 10.4. The number of ketones is 4. The number of benzene rings is 4. The Balaban J connectivity index is 1.59. The summed E-state index contributed by atoms with van der Waals surface area (Å²) in [6.45, 7) is 1.93. The van der Waals surface area contributed by atoms with Crippen molar-refractivity contribution in [2.45, 2.75) is 24.5 Å². The molecule has 0 bridgehead atoms. The molecule has 5 nitrogen and oxygen atoms in total. The summed E-state index contributed by atoms with van der Waals surface area (Å²) in [5, 5.41) is 0. The van der Waals surface area contributed by atoms with Crippen LogP contribution in [0.3, 0.4) is 0 Å². The molecule has 4 aromatic rings. The standard InChI is InChI=1S/C33H21BrO5/c1-18-10-12-20(13-11-18)31-32(27(35)22-6-2-3-7-23(22)28(32)36)26(19-14-16-21(34)17-15-19)33(39-31)29(37)24-8-4-5-9-25(24)30(33)38/h2-17,26,31H,1H3/t26-,31-/m1/s1. The van der Waals surface area contributed by atoms with Crippen molar-refractivity contribution in [1.29, 1.82) is 0 Å². The number of hydrogen-bond donors (Lipinski definition) is 0. The van der Waals surface area contributed by atoms with E-state index in [0.29, 0.717) is 11.1 Å². The lowest BCUT2D eigenvalue weighted by atomic mass is 9.60. The van der Waals surface area contributed by atoms with Crippen molar-refractivity contribution in [2.75, 3.05) is 0 Å². The highest BCUT2D eigenvalue weighted by Crippen LogP contribution is 2.67. The molecular formula is C33H21BrO5. The van der Waals surface area contributed by atoms with Crippen LogP contribution in [-0.2, 0) is 4.74 Å². The van der Waals surface area contributed by atoms with Crippen LogP contribution in [0.15, 0.2) is 102 Å². The highest BCUT2D eigenvalue weighted by molar-refractivity contribution is 9.10. The van der Waals surface area contributed by atoms with E-state index in [1.807, 2.05) is 19.1 Å². The maximum Gasteiger partial charge on any atom is 0.204 e. The van der Waals surface area contributed by atoms with Gasteiger partial charge >= 0.3 is 0 Å². The number of carbonyl (C=O) groups is 4. The molecule has 1 heterocycles. The van der Waals surface area contributed by atoms with Gasteiger partial charge in [-0.05, 0) is 30.2 Å². The summed E-state index contributed by atoms with van der Waals surface area (Å²) in [5.74, 6) is -3.11. The molecular weight excluding hydrogens is 556 g/mol. The van der Waals surface area contributed by atoms with E-state index < -0.39 is 46.2 Å². The van der Waals surface area contributed by atoms with E-state index in [1.165, 1.54) is 0 Å². The van der Waals surface area contributed by atoms with Gasteiger partial charge in [0.1, 0.15) is 11.5 Å². The highest BCUT2D eigenvalue weighted by Gasteiger charge is 2.79. The summed E-state index contributed by atoms with van der Waals surface area (Å²) >= 11 is 3.45. The zero-order valence-corrected chi connectivity index (χ0v) is 22.4. The van der Waals surface area contributed by atoms with Crippen molar-refractivity contribution >= 4 is 39.1 Å². The van der Waals surface area contributed by atoms with Crippen LogP contribution >= 0.6 is 15.9 Å². The van der Waals surface area contributed by atoms with Crippen LogP contribution in [0.2, 0.25) is 0 Å². The summed E-state index contributed by atoms with van der Waals surface area (Å²) in [5.41, 5.74) is -0.865. The summed E-state index contributed by atoms with van der Waals surface area (Å²) in [4.78, 5) is 58.0. The molecule has 0 aromatic heterocycles. The number of aryl methyl sites for hydroxylation is 1. The molecule has 190 valence electrons. The molecule has 1 aliphatic heterocycles. The largest absolute Gasteiger partial charge is 0.348 e. The zero-order valence-electron chi connectivity index (χ0n) is 20.8. The average Bonchev–Trinajstić information content (AvgIpc) is 3.48. The lowest BCUT2D eigenvalue weighted by Crippen LogP contribution is -2.51. The third-order valence-electron chi connectivity index (χ3n) is 8.42. The van der Waals surface area contributed by atoms with Crippen molar-refractivity contribution in [2.24, 2.45) is 5.41 Å². The smallest absolute Gasteiger partial charge is 0.204 e. The van der Waals surface area contributed by atoms with Gasteiger partial charge in [-0.15, -0.1) is 0 Å². The first kappa shape index (κ1) is 24.1. The third-order valence-corrected chi connectivity index (χ3v) is 8.95. The number of halogens is 1. The molecule has 6 heteroatoms. The van der Waals surface area contributed by atoms with Gasteiger partial charge in [0.2, 0.25) is 17.2 Å². The van der Waals surface area contributed by atoms with Crippen LogP contribution in [-0.4, -0.2) is 28.7 Å². The number of fused-ring (bicyclic) bond motifs is 2. The van der Waals surface area contributed by atoms with Crippen molar-refractivity contribution in [3.8, 4) is 0 Å². The van der Waals surface area contributed by atoms with Crippen LogP contribution in [0.5, 0.6) is 0 Å². The Morgan fingerprint density at radius 2 is 1.03 bits per heavy atom. The van der Waals surface area contributed by atoms with Crippen molar-refractivity contribution in [3.63, 3.8) is 0 Å². The molecule has 0 saturated carbocycles. The normalized spacial score (nSPS) is 22.1. The van der Waals surface area contributed by atoms with Gasteiger partial charge in [-0.3, -0.25) is 19.2 Å². The lowest BCUT2D eigenvalue weighted by Gasteiger charge is -2.34. The van der Waals surface area contributed by atoms with Crippen LogP contribution in [0.4, 0.5) is 0 Å². The van der Waals surface area contributed by atoms with E-state index in [1.54, 1.807) is 84.9 Å². The molecule has 0 radical (unpaired) electrons. The van der Waals surface area contributed by atoms with Gasteiger partial charge in [-0.25, -0.2) is 0 Å². The van der Waals surface area contributed by atoms with Gasteiger partial charge in [0, 0.05) is 26.7 Å². The maximum absolute atomic E-state index is 14.6. The lowest BCUT2D eigenvalue weighted by molar-refractivity contribution is -0.0210. The Labute approximate surface area is 232 Å². The third kappa shape index (κ3) is 2.93. The van der Waals surface area contributed by atoms with Crippen LogP contribution < -0.4 is 0 Å². The minimum atomic E-state index is -2.08. The second kappa shape index (κ2) is 8.25. The Kier molecular flexibility index (Phi) is 5.09. The maximum atomic E-state index is 14.6. The Hall–Kier alpha value is -4.00. The van der Waals surface area contributed by atoms with Gasteiger partial charge in [0.05, 0.1) is 5.92 Å². The molecule has 7 rings (SSSR count). The van der Waals surface area contributed by atoms with Gasteiger partial charge in [0.25, 0.3) is 0 Å². The molecule has 0 unspecified atom stereocenters. The number of hydrogen-bond acceptors (Lipinski definition) is 5. The van der Waals surface area contributed by atoms with E-state index in [9.17, 15) is 19.2 Å². The SMILES string of the molecule is Cc1ccc([C@H]2OC3(C(=O)c4ccccc4C3=O)[C@H](c3ccc(Br)cc3)C23C(=O)c2ccccc2C3=O)cc1. The fraction of sp³-hybridized carbons (Fsp3) is 0.152. The fourth-order valence-corrected chi connectivity index (χ4v) is 6.99. The molecule has 2 aliphatic carbocycles. The average molecular weight is 577 g/mol. The zero-order chi connectivity index (χ0) is 27.1. The quantitative estimate of drug-likeness (QED) is 0.255. The Morgan fingerprint density at radius 1 is 0.590 bits per heavy atom. The minimum Gasteiger partial charge on any atom is -0.348 e. The van der Waals surface area contributed by atoms with E-state index >= 15 is 0 Å². The first-order valence-corrected chi connectivity index (χ1v) is 13.5. The highest BCUT2D eigenvalue weighted by atomic mass is 79.9. The first-order valence-electron chi connectivity index (χ1n) is 12.7. The summed E-state index contributed by atoms with van der Waals surface area (Å²) in [6, 6.07) is 27.7. The van der Waals surface area contributed by atoms with Crippen LogP contribution in [0.1, 0.15) is 70.1 Å². The molecule has 2 spiro atoms. The predicted octanol–water partition coefficient (Wildman–Crippen LogP) is 6.50. The summed E-state index contributed by atoms with van der Waals surface area (Å²) in [6.07, 6.45) is -1.17. The summed E-state index contributed by atoms with van der Waals surface area (Å²) in [7, 11) is 0. The van der Waals surface area contributed by atoms with E-state index in [-0.39, 0.29) is 22.3 Å². The van der Waals surface area contributed by atoms with Gasteiger partial charge in [-0.1, -0.05) is 106 Å². The van der Waals surface area contributed by atoms with E-state index in [4.69, 9.17) is 4.74 Å². The Bertz CT molecular complexity index is 1660. The molecule has 39 heavy (non-hydrogen) atoms. The summed E-state index contributed by atoms with van der Waals surface area (Å²) < 4.78 is 7.48. The van der Waals surface area contributed by atoms with Gasteiger partial charge < -0.3 is 4.74 Å². The molecule has 0 amide bonds. The monoisotopic (exact) mass is 576 g/mol. The molecule has 1 fully saturated rings. The molecule has 0 N–H and O–H groups in total. The Morgan fingerprint density at radius 3 is 1.51 bits per heavy atom. The molecule has 3 aliphatic rings. The minimum absolute atomic E-state index is 0.236. The van der Waals surface area contributed by atoms with Gasteiger partial charge in [0.15, 0.2) is 11.6 Å². The molecule has 4 aromatic carbocycles. The van der Waals surface area contributed by atoms with E-state index in [2.05, 4.69) is 15.9 Å². The number of carbonyl (C=O) groups excluding carboxylic acids is 4. The fourth-order valence-electron chi connectivity index (χ4n) is 6.72. The number of ether oxygens (including phenoxy) is 1. The topological polar surface area (TPSA) is 77.5 Å². The van der Waals surface area contributed by atoms with Crippen LogP contribution in [0, 0.1) is 12.3 Å². The molecule has 2 atom stereocenters. The van der Waals surface area contributed by atoms with Crippen LogP contribution in [0.25, 0.3) is 0 Å². The molecule has 1 saturated heterocycles. The van der Waals surface area contributed by atoms with Gasteiger partial charge in [-0.2, -0.15) is 0 Å². The van der Waals surface area contributed by atoms with Crippen molar-refractivity contribution in [3.05, 3.63) is 140 Å². The number of rotatable bonds is 2.